The molecule has 0 bridgehead atoms. The quantitative estimate of drug-likeness (QED) is 0.554. The van der Waals surface area contributed by atoms with E-state index in [1.54, 1.807) is 6.08 Å². The molecule has 51 valence electrons. The molecule has 0 saturated carbocycles. The zero-order valence-corrected chi connectivity index (χ0v) is 6.62. The minimum absolute atomic E-state index is 0.126. The average molecular weight is 143 g/mol. The fraction of sp³-hybridized carbons (Fsp3) is 0.571. The third-order valence-corrected chi connectivity index (χ3v) is 1.30. The highest BCUT2D eigenvalue weighted by Crippen LogP contribution is 2.21. The molecule has 1 radical (unpaired) electrons. The molecule has 0 atom stereocenters. The van der Waals surface area contributed by atoms with Gasteiger partial charge in [-0.3, -0.25) is 4.79 Å². The lowest BCUT2D eigenvalue weighted by atomic mass is 9.90. The van der Waals surface area contributed by atoms with Gasteiger partial charge in [0.05, 0.1) is 0 Å². The average Bonchev–Trinajstić information content (AvgIpc) is 1.63. The maximum absolute atomic E-state index is 10.4. The van der Waals surface area contributed by atoms with Gasteiger partial charge in [0, 0.05) is 6.42 Å². The smallest absolute Gasteiger partial charge is 0.219 e. The summed E-state index contributed by atoms with van der Waals surface area (Å²) in [5, 5.41) is -0.195. The Balaban J connectivity index is 3.86. The van der Waals surface area contributed by atoms with E-state index in [1.807, 2.05) is 13.8 Å². The molecule has 0 aromatic rings. The second-order valence-corrected chi connectivity index (χ2v) is 3.20. The summed E-state index contributed by atoms with van der Waals surface area (Å²) in [6.07, 6.45) is 2.16. The van der Waals surface area contributed by atoms with Crippen LogP contribution < -0.4 is 0 Å². The van der Waals surface area contributed by atoms with Gasteiger partial charge in [0.15, 0.2) is 0 Å². The van der Waals surface area contributed by atoms with E-state index in [4.69, 9.17) is 0 Å². The van der Waals surface area contributed by atoms with Gasteiger partial charge in [-0.25, -0.2) is 0 Å². The van der Waals surface area contributed by atoms with Gasteiger partial charge in [-0.15, -0.1) is 6.58 Å². The Morgan fingerprint density at radius 2 is 2.22 bits per heavy atom. The van der Waals surface area contributed by atoms with Crippen molar-refractivity contribution in [3.63, 3.8) is 0 Å². The lowest BCUT2D eigenvalue weighted by molar-refractivity contribution is -0.112. The summed E-state index contributed by atoms with van der Waals surface area (Å²) in [6.45, 7) is 7.46. The SMILES string of the molecule is C=CC(C)(C)CC(=O)[S]. The summed E-state index contributed by atoms with van der Waals surface area (Å²) in [5.74, 6) is 0. The zero-order valence-electron chi connectivity index (χ0n) is 5.81. The molecule has 0 aromatic heterocycles. The highest BCUT2D eigenvalue weighted by Gasteiger charge is 2.15. The Bertz CT molecular complexity index is 127. The molecule has 2 heteroatoms. The number of carbonyl (C=O) groups excluding carboxylic acids is 1. The number of carbonyl (C=O) groups is 1. The van der Waals surface area contributed by atoms with Crippen LogP contribution in [0, 0.1) is 5.41 Å². The van der Waals surface area contributed by atoms with E-state index in [9.17, 15) is 4.79 Å². The van der Waals surface area contributed by atoms with Crippen LogP contribution in [0.4, 0.5) is 0 Å². The van der Waals surface area contributed by atoms with Crippen LogP contribution in [0.15, 0.2) is 12.7 Å². The second kappa shape index (κ2) is 2.97. The number of hydrogen-bond acceptors (Lipinski definition) is 1. The Morgan fingerprint density at radius 3 is 2.33 bits per heavy atom. The summed E-state index contributed by atoms with van der Waals surface area (Å²) < 4.78 is 0. The van der Waals surface area contributed by atoms with Gasteiger partial charge in [0.25, 0.3) is 0 Å². The highest BCUT2D eigenvalue weighted by atomic mass is 32.1. The molecule has 0 heterocycles. The Labute approximate surface area is 61.6 Å². The predicted octanol–water partition coefficient (Wildman–Crippen LogP) is 2.31. The van der Waals surface area contributed by atoms with Crippen molar-refractivity contribution < 1.29 is 4.79 Å². The molecule has 0 amide bonds. The van der Waals surface area contributed by atoms with E-state index in [1.165, 1.54) is 0 Å². The molecular weight excluding hydrogens is 132 g/mol. The van der Waals surface area contributed by atoms with E-state index >= 15 is 0 Å². The summed E-state index contributed by atoms with van der Waals surface area (Å²) in [4.78, 5) is 10.4. The Hall–Kier alpha value is -0.370. The van der Waals surface area contributed by atoms with E-state index < -0.39 is 0 Å². The molecule has 0 saturated heterocycles. The van der Waals surface area contributed by atoms with Gasteiger partial charge in [0.1, 0.15) is 0 Å². The molecule has 0 N–H and O–H groups in total. The van der Waals surface area contributed by atoms with E-state index in [2.05, 4.69) is 19.2 Å². The first-order valence-corrected chi connectivity index (χ1v) is 3.22. The van der Waals surface area contributed by atoms with Crippen molar-refractivity contribution in [2.24, 2.45) is 5.41 Å². The van der Waals surface area contributed by atoms with Crippen molar-refractivity contribution in [1.29, 1.82) is 0 Å². The van der Waals surface area contributed by atoms with Crippen molar-refractivity contribution in [1.82, 2.24) is 0 Å². The first-order valence-electron chi connectivity index (χ1n) is 2.81. The van der Waals surface area contributed by atoms with Crippen molar-refractivity contribution in [3.05, 3.63) is 12.7 Å². The molecule has 0 aliphatic heterocycles. The number of rotatable bonds is 3. The first-order chi connectivity index (χ1) is 3.98. The normalized spacial score (nSPS) is 10.9. The lowest BCUT2D eigenvalue weighted by Gasteiger charge is -2.15. The van der Waals surface area contributed by atoms with Crippen molar-refractivity contribution in [3.8, 4) is 0 Å². The molecule has 0 aromatic carbocycles. The third-order valence-electron chi connectivity index (χ3n) is 1.15. The van der Waals surface area contributed by atoms with Gasteiger partial charge < -0.3 is 0 Å². The minimum atomic E-state index is -0.195. The highest BCUT2D eigenvalue weighted by molar-refractivity contribution is 7.96. The van der Waals surface area contributed by atoms with Crippen LogP contribution in [-0.2, 0) is 4.79 Å². The second-order valence-electron chi connectivity index (χ2n) is 2.74. The Kier molecular flexibility index (Phi) is 2.85. The van der Waals surface area contributed by atoms with Crippen LogP contribution in [0.1, 0.15) is 20.3 Å². The molecule has 0 spiro atoms. The maximum atomic E-state index is 10.4. The molecule has 0 unspecified atom stereocenters. The number of allylic oxidation sites excluding steroid dienone is 1. The minimum Gasteiger partial charge on any atom is -0.282 e. The van der Waals surface area contributed by atoms with Gasteiger partial charge in [-0.2, -0.15) is 0 Å². The maximum Gasteiger partial charge on any atom is 0.219 e. The summed E-state index contributed by atoms with van der Waals surface area (Å²) in [5.41, 5.74) is -0.126. The van der Waals surface area contributed by atoms with E-state index in [-0.39, 0.29) is 10.5 Å². The molecule has 9 heavy (non-hydrogen) atoms. The standard InChI is InChI=1S/C7H11OS/c1-4-7(2,3)5-6(8)9/h4H,1,5H2,2-3H3. The van der Waals surface area contributed by atoms with Crippen molar-refractivity contribution in [2.45, 2.75) is 20.3 Å². The molecule has 0 fully saturated rings. The molecule has 0 rings (SSSR count). The van der Waals surface area contributed by atoms with Crippen LogP contribution in [0.25, 0.3) is 0 Å². The monoisotopic (exact) mass is 143 g/mol. The molecule has 0 aliphatic carbocycles. The van der Waals surface area contributed by atoms with Crippen LogP contribution in [-0.4, -0.2) is 5.12 Å². The van der Waals surface area contributed by atoms with Gasteiger partial charge >= 0.3 is 0 Å². The van der Waals surface area contributed by atoms with Crippen LogP contribution in [0.5, 0.6) is 0 Å². The van der Waals surface area contributed by atoms with Crippen LogP contribution in [0.3, 0.4) is 0 Å². The number of hydrogen-bond donors (Lipinski definition) is 0. The zero-order chi connectivity index (χ0) is 7.49. The summed E-state index contributed by atoms with van der Waals surface area (Å²) in [6, 6.07) is 0. The van der Waals surface area contributed by atoms with E-state index in [0.717, 1.165) is 0 Å². The van der Waals surface area contributed by atoms with E-state index in [0.29, 0.717) is 6.42 Å². The first kappa shape index (κ1) is 8.63. The topological polar surface area (TPSA) is 17.1 Å². The van der Waals surface area contributed by atoms with Crippen molar-refractivity contribution in [2.75, 3.05) is 0 Å². The summed E-state index contributed by atoms with van der Waals surface area (Å²) in [7, 11) is 0. The molecule has 0 aliphatic rings. The van der Waals surface area contributed by atoms with Crippen LogP contribution >= 0.6 is 12.6 Å². The lowest BCUT2D eigenvalue weighted by Crippen LogP contribution is -2.10. The molecule has 1 nitrogen and oxygen atoms in total. The summed E-state index contributed by atoms with van der Waals surface area (Å²) >= 11 is 4.41. The molecular formula is C7H11OS. The van der Waals surface area contributed by atoms with Gasteiger partial charge in [0.2, 0.25) is 5.12 Å². The van der Waals surface area contributed by atoms with Crippen LogP contribution in [0.2, 0.25) is 0 Å². The third kappa shape index (κ3) is 4.15. The van der Waals surface area contributed by atoms with Gasteiger partial charge in [-0.1, -0.05) is 19.9 Å². The fourth-order valence-corrected chi connectivity index (χ4v) is 0.816. The predicted molar refractivity (Wildman–Crippen MR) is 41.2 cm³/mol. The fourth-order valence-electron chi connectivity index (χ4n) is 0.444. The Morgan fingerprint density at radius 1 is 1.78 bits per heavy atom. The van der Waals surface area contributed by atoms with Gasteiger partial charge in [-0.05, 0) is 18.0 Å². The van der Waals surface area contributed by atoms with Crippen molar-refractivity contribution >= 4 is 17.7 Å². The largest absolute Gasteiger partial charge is 0.282 e.